The van der Waals surface area contributed by atoms with E-state index in [2.05, 4.69) is 11.9 Å². The second kappa shape index (κ2) is 8.42. The minimum atomic E-state index is -0.355. The molecule has 4 heteroatoms. The molecule has 0 amide bonds. The van der Waals surface area contributed by atoms with Gasteiger partial charge in [-0.3, -0.25) is 0 Å². The Morgan fingerprint density at radius 1 is 1.52 bits per heavy atom. The lowest BCUT2D eigenvalue weighted by atomic mass is 10.1. The van der Waals surface area contributed by atoms with E-state index in [1.165, 1.54) is 0 Å². The summed E-state index contributed by atoms with van der Waals surface area (Å²) in [4.78, 5) is 10.8. The average molecular weight is 308 g/mol. The van der Waals surface area contributed by atoms with Crippen LogP contribution in [-0.4, -0.2) is 6.29 Å². The van der Waals surface area contributed by atoms with E-state index >= 15 is 0 Å². The Labute approximate surface area is 130 Å². The van der Waals surface area contributed by atoms with Crippen molar-refractivity contribution in [3.8, 4) is 0 Å². The largest absolute Gasteiger partial charge is 0.352 e. The molecule has 1 N–H and O–H groups in total. The van der Waals surface area contributed by atoms with Gasteiger partial charge < -0.3 is 10.1 Å². The molecular weight excluding hydrogens is 289 g/mol. The van der Waals surface area contributed by atoms with Crippen molar-refractivity contribution in [3.63, 3.8) is 0 Å². The van der Waals surface area contributed by atoms with E-state index in [0.717, 1.165) is 17.4 Å². The molecule has 1 aliphatic rings. The summed E-state index contributed by atoms with van der Waals surface area (Å²) in [5.74, 6) is -0.355. The van der Waals surface area contributed by atoms with E-state index in [0.29, 0.717) is 5.70 Å². The molecule has 0 spiro atoms. The zero-order chi connectivity index (χ0) is 15.8. The fourth-order valence-corrected chi connectivity index (χ4v) is 2.07. The molecular formula is C17H19ClFNO. The number of carbonyl (C=O) groups excluding carboxylic acids is 1. The number of nitrogens with one attached hydrogen (secondary N) is 1. The normalized spacial score (nSPS) is 15.7. The van der Waals surface area contributed by atoms with Gasteiger partial charge in [0.15, 0.2) is 0 Å². The van der Waals surface area contributed by atoms with Crippen LogP contribution in [0.3, 0.4) is 0 Å². The lowest BCUT2D eigenvalue weighted by Gasteiger charge is -2.14. The van der Waals surface area contributed by atoms with Crippen LogP contribution < -0.4 is 5.32 Å². The molecule has 1 aliphatic carbocycles. The van der Waals surface area contributed by atoms with Gasteiger partial charge in [-0.25, -0.2) is 4.39 Å². The number of rotatable bonds is 6. The maximum Gasteiger partial charge on any atom is 0.129 e. The predicted molar refractivity (Wildman–Crippen MR) is 86.3 cm³/mol. The topological polar surface area (TPSA) is 29.1 Å². The molecule has 0 aromatic heterocycles. The van der Waals surface area contributed by atoms with Gasteiger partial charge in [-0.1, -0.05) is 42.0 Å². The van der Waals surface area contributed by atoms with Crippen molar-refractivity contribution in [2.45, 2.75) is 26.7 Å². The standard InChI is InChI=1S/C17H19ClFNO/c1-4-16(13(9-10-21)11-12(2)3)20-17-14(18)7-5-6-8-15(17)19/h4-7,10-11,20H,1,8-9H2,2-3H3/b16-13+. The van der Waals surface area contributed by atoms with E-state index in [-0.39, 0.29) is 29.4 Å². The quantitative estimate of drug-likeness (QED) is 0.562. The van der Waals surface area contributed by atoms with Gasteiger partial charge in [-0.2, -0.15) is 0 Å². The van der Waals surface area contributed by atoms with Gasteiger partial charge in [-0.15, -0.1) is 0 Å². The Balaban J connectivity index is 3.23. The highest BCUT2D eigenvalue weighted by molar-refractivity contribution is 6.32. The third kappa shape index (κ3) is 5.20. The molecule has 0 saturated carbocycles. The SMILES string of the molecule is C=C/C(NC1=C(F)CC=CC=C1Cl)=C(\C=C(C)C)CC=O. The van der Waals surface area contributed by atoms with Gasteiger partial charge in [0.2, 0.25) is 0 Å². The number of hydrogen-bond donors (Lipinski definition) is 1. The number of hydrogen-bond acceptors (Lipinski definition) is 2. The summed E-state index contributed by atoms with van der Waals surface area (Å²) >= 11 is 6.08. The maximum absolute atomic E-state index is 14.1. The minimum absolute atomic E-state index is 0.172. The van der Waals surface area contributed by atoms with Crippen molar-refractivity contribution in [1.29, 1.82) is 0 Å². The van der Waals surface area contributed by atoms with Crippen LogP contribution >= 0.6 is 11.6 Å². The average Bonchev–Trinajstić information content (AvgIpc) is 2.58. The predicted octanol–water partition coefficient (Wildman–Crippen LogP) is 4.84. The Morgan fingerprint density at radius 2 is 2.24 bits per heavy atom. The molecule has 0 radical (unpaired) electrons. The van der Waals surface area contributed by atoms with Crippen molar-refractivity contribution in [2.75, 3.05) is 0 Å². The van der Waals surface area contributed by atoms with Crippen LogP contribution in [0, 0.1) is 0 Å². The van der Waals surface area contributed by atoms with Gasteiger partial charge in [0, 0.05) is 18.5 Å². The summed E-state index contributed by atoms with van der Waals surface area (Å²) in [6.45, 7) is 7.57. The first-order valence-electron chi connectivity index (χ1n) is 6.62. The lowest BCUT2D eigenvalue weighted by Crippen LogP contribution is -2.15. The van der Waals surface area contributed by atoms with Gasteiger partial charge in [0.05, 0.1) is 10.7 Å². The molecule has 0 saturated heterocycles. The van der Waals surface area contributed by atoms with Gasteiger partial charge in [0.25, 0.3) is 0 Å². The molecule has 0 aromatic carbocycles. The number of allylic oxidation sites excluding steroid dienone is 9. The summed E-state index contributed by atoms with van der Waals surface area (Å²) in [7, 11) is 0. The van der Waals surface area contributed by atoms with Crippen molar-refractivity contribution in [3.05, 3.63) is 70.4 Å². The summed E-state index contributed by atoms with van der Waals surface area (Å²) in [5.41, 5.74) is 2.55. The van der Waals surface area contributed by atoms with Gasteiger partial charge in [-0.05, 0) is 31.6 Å². The molecule has 1 rings (SSSR count). The first-order chi connectivity index (χ1) is 9.99. The van der Waals surface area contributed by atoms with Gasteiger partial charge >= 0.3 is 0 Å². The fourth-order valence-electron chi connectivity index (χ4n) is 1.85. The summed E-state index contributed by atoms with van der Waals surface area (Å²) in [5, 5.41) is 3.24. The molecule has 0 bridgehead atoms. The van der Waals surface area contributed by atoms with Crippen LogP contribution in [-0.2, 0) is 4.79 Å². The maximum atomic E-state index is 14.1. The van der Waals surface area contributed by atoms with Crippen molar-refractivity contribution in [2.24, 2.45) is 0 Å². The Hall–Kier alpha value is -1.87. The summed E-state index contributed by atoms with van der Waals surface area (Å²) in [6.07, 6.45) is 9.63. The van der Waals surface area contributed by atoms with Gasteiger partial charge in [0.1, 0.15) is 12.1 Å². The van der Waals surface area contributed by atoms with E-state index in [1.54, 1.807) is 24.3 Å². The van der Waals surface area contributed by atoms with Crippen molar-refractivity contribution in [1.82, 2.24) is 5.32 Å². The number of aldehydes is 1. The summed E-state index contributed by atoms with van der Waals surface area (Å²) in [6, 6.07) is 0. The summed E-state index contributed by atoms with van der Waals surface area (Å²) < 4.78 is 14.1. The molecule has 21 heavy (non-hydrogen) atoms. The number of halogens is 2. The molecule has 2 nitrogen and oxygen atoms in total. The molecule has 112 valence electrons. The molecule has 0 fully saturated rings. The third-order valence-corrected chi connectivity index (χ3v) is 3.08. The van der Waals surface area contributed by atoms with E-state index in [4.69, 9.17) is 11.6 Å². The fraction of sp³-hybridized carbons (Fsp3) is 0.235. The van der Waals surface area contributed by atoms with Crippen LogP contribution in [0.2, 0.25) is 0 Å². The highest BCUT2D eigenvalue weighted by Gasteiger charge is 2.13. The minimum Gasteiger partial charge on any atom is -0.352 e. The first-order valence-corrected chi connectivity index (χ1v) is 6.99. The van der Waals surface area contributed by atoms with Crippen LogP contribution in [0.4, 0.5) is 4.39 Å². The molecule has 0 aliphatic heterocycles. The molecule has 0 atom stereocenters. The second-order valence-corrected chi connectivity index (χ2v) is 5.19. The Kier molecular flexibility index (Phi) is 6.89. The van der Waals surface area contributed by atoms with E-state index in [9.17, 15) is 9.18 Å². The van der Waals surface area contributed by atoms with E-state index in [1.807, 2.05) is 19.9 Å². The molecule has 0 unspecified atom stereocenters. The number of carbonyl (C=O) groups is 1. The van der Waals surface area contributed by atoms with Crippen LogP contribution in [0.25, 0.3) is 0 Å². The van der Waals surface area contributed by atoms with Crippen LogP contribution in [0.1, 0.15) is 26.7 Å². The monoisotopic (exact) mass is 307 g/mol. The van der Waals surface area contributed by atoms with Crippen LogP contribution in [0.15, 0.2) is 70.4 Å². The smallest absolute Gasteiger partial charge is 0.129 e. The van der Waals surface area contributed by atoms with Crippen LogP contribution in [0.5, 0.6) is 0 Å². The van der Waals surface area contributed by atoms with Crippen molar-refractivity contribution >= 4 is 17.9 Å². The zero-order valence-corrected chi connectivity index (χ0v) is 13.0. The van der Waals surface area contributed by atoms with E-state index < -0.39 is 0 Å². The zero-order valence-electron chi connectivity index (χ0n) is 12.2. The molecule has 0 heterocycles. The Bertz CT molecular complexity index is 576. The third-order valence-electron chi connectivity index (χ3n) is 2.76. The Morgan fingerprint density at radius 3 is 2.81 bits per heavy atom. The molecule has 0 aromatic rings. The lowest BCUT2D eigenvalue weighted by molar-refractivity contribution is -0.107. The second-order valence-electron chi connectivity index (χ2n) is 4.79. The highest BCUT2D eigenvalue weighted by atomic mass is 35.5. The first kappa shape index (κ1) is 17.2. The van der Waals surface area contributed by atoms with Crippen molar-refractivity contribution < 1.29 is 9.18 Å². The highest BCUT2D eigenvalue weighted by Crippen LogP contribution is 2.25.